The largest absolute Gasteiger partial charge is 0.339 e. The Morgan fingerprint density at radius 3 is 2.27 bits per heavy atom. The Hall–Kier alpha value is -1.67. The van der Waals surface area contributed by atoms with E-state index in [4.69, 9.17) is 0 Å². The number of unbranched alkanes of at least 4 members (excludes halogenated alkanes) is 1. The lowest BCUT2D eigenvalue weighted by Crippen LogP contribution is -2.17. The van der Waals surface area contributed by atoms with E-state index in [1.165, 1.54) is 0 Å². The van der Waals surface area contributed by atoms with E-state index in [2.05, 4.69) is 36.2 Å². The molecule has 1 aromatic heterocycles. The molecule has 0 amide bonds. The molecule has 0 radical (unpaired) electrons. The molecule has 0 aliphatic carbocycles. The number of hydrogen-bond donors (Lipinski definition) is 2. The predicted octanol–water partition coefficient (Wildman–Crippen LogP) is 3.52. The normalized spacial score (nSPS) is 11.2. The van der Waals surface area contributed by atoms with Crippen molar-refractivity contribution >= 4 is 43.3 Å². The summed E-state index contributed by atoms with van der Waals surface area (Å²) in [5.74, 6) is 0.848. The number of hydrogen-bond acceptors (Lipinski definition) is 5. The molecule has 0 aliphatic heterocycles. The lowest BCUT2D eigenvalue weighted by molar-refractivity contribution is 0.597. The topological polar surface area (TPSA) is 84.0 Å². The van der Waals surface area contributed by atoms with Crippen molar-refractivity contribution in [2.24, 2.45) is 0 Å². The van der Waals surface area contributed by atoms with Gasteiger partial charge in [-0.2, -0.15) is 0 Å². The summed E-state index contributed by atoms with van der Waals surface area (Å²) in [5.41, 5.74) is 0.869. The summed E-state index contributed by atoms with van der Waals surface area (Å²) >= 11 is 3.37. The average molecular weight is 385 g/mol. The molecule has 0 aliphatic rings. The maximum Gasteiger partial charge on any atom is 0.233 e. The number of nitrogens with one attached hydrogen (secondary N) is 2. The Morgan fingerprint density at radius 1 is 1.05 bits per heavy atom. The van der Waals surface area contributed by atoms with Crippen molar-refractivity contribution in [3.63, 3.8) is 0 Å². The third kappa shape index (κ3) is 5.27. The molecule has 0 spiro atoms. The minimum absolute atomic E-state index is 0.0874. The van der Waals surface area contributed by atoms with E-state index in [9.17, 15) is 8.42 Å². The molecule has 2 N–H and O–H groups in total. The zero-order valence-corrected chi connectivity index (χ0v) is 14.5. The first kappa shape index (κ1) is 16.7. The van der Waals surface area contributed by atoms with Crippen LogP contribution in [0.5, 0.6) is 0 Å². The molecule has 118 valence electrons. The van der Waals surface area contributed by atoms with Crippen LogP contribution >= 0.6 is 15.9 Å². The van der Waals surface area contributed by atoms with Crippen molar-refractivity contribution < 1.29 is 8.42 Å². The van der Waals surface area contributed by atoms with Crippen LogP contribution in [0.3, 0.4) is 0 Å². The Balaban J connectivity index is 1.99. The SMILES string of the molecule is CCCCS(=O)(=O)Nc1ccc(Nc2ccc(Br)cc2)nn1. The highest BCUT2D eigenvalue weighted by Gasteiger charge is 2.10. The zero-order valence-electron chi connectivity index (χ0n) is 12.1. The van der Waals surface area contributed by atoms with Crippen LogP contribution in [-0.2, 0) is 10.0 Å². The number of aromatic nitrogens is 2. The summed E-state index contributed by atoms with van der Waals surface area (Å²) in [4.78, 5) is 0. The first-order valence-corrected chi connectivity index (χ1v) is 9.30. The van der Waals surface area contributed by atoms with Crippen LogP contribution in [0.15, 0.2) is 40.9 Å². The van der Waals surface area contributed by atoms with Crippen LogP contribution in [-0.4, -0.2) is 24.4 Å². The van der Waals surface area contributed by atoms with Crippen molar-refractivity contribution in [1.82, 2.24) is 10.2 Å². The van der Waals surface area contributed by atoms with Crippen LogP contribution in [0, 0.1) is 0 Å². The number of anilines is 3. The molecule has 0 saturated carbocycles. The average Bonchev–Trinajstić information content (AvgIpc) is 2.49. The zero-order chi connectivity index (χ0) is 16.0. The number of benzene rings is 1. The molecule has 1 heterocycles. The van der Waals surface area contributed by atoms with Crippen molar-refractivity contribution in [3.8, 4) is 0 Å². The first-order chi connectivity index (χ1) is 10.5. The summed E-state index contributed by atoms with van der Waals surface area (Å²) in [5, 5.41) is 10.9. The van der Waals surface area contributed by atoms with Crippen LogP contribution in [0.2, 0.25) is 0 Å². The van der Waals surface area contributed by atoms with Crippen molar-refractivity contribution in [2.45, 2.75) is 19.8 Å². The van der Waals surface area contributed by atoms with E-state index in [1.54, 1.807) is 12.1 Å². The molecular weight excluding hydrogens is 368 g/mol. The fourth-order valence-corrected chi connectivity index (χ4v) is 3.14. The van der Waals surface area contributed by atoms with Crippen LogP contribution in [0.25, 0.3) is 0 Å². The van der Waals surface area contributed by atoms with Gasteiger partial charge in [-0.1, -0.05) is 29.3 Å². The minimum Gasteiger partial charge on any atom is -0.339 e. The van der Waals surface area contributed by atoms with Gasteiger partial charge in [0.2, 0.25) is 10.0 Å². The monoisotopic (exact) mass is 384 g/mol. The van der Waals surface area contributed by atoms with Gasteiger partial charge in [0.05, 0.1) is 5.75 Å². The maximum absolute atomic E-state index is 11.8. The van der Waals surface area contributed by atoms with Crippen LogP contribution in [0.1, 0.15) is 19.8 Å². The van der Waals surface area contributed by atoms with Gasteiger partial charge >= 0.3 is 0 Å². The highest BCUT2D eigenvalue weighted by molar-refractivity contribution is 9.10. The molecule has 0 bridgehead atoms. The molecule has 0 unspecified atom stereocenters. The molecule has 0 fully saturated rings. The standard InChI is InChI=1S/C14H17BrN4O2S/c1-2-3-10-22(20,21)19-14-9-8-13(17-18-14)16-12-6-4-11(15)5-7-12/h4-9H,2-3,10H2,1H3,(H,16,17)(H,18,19). The van der Waals surface area contributed by atoms with Gasteiger partial charge in [-0.3, -0.25) is 4.72 Å². The molecule has 8 heteroatoms. The van der Waals surface area contributed by atoms with Crippen molar-refractivity contribution in [3.05, 3.63) is 40.9 Å². The van der Waals surface area contributed by atoms with Gasteiger partial charge < -0.3 is 5.32 Å². The van der Waals surface area contributed by atoms with E-state index in [1.807, 2.05) is 31.2 Å². The quantitative estimate of drug-likeness (QED) is 0.762. The first-order valence-electron chi connectivity index (χ1n) is 6.85. The highest BCUT2D eigenvalue weighted by Crippen LogP contribution is 2.18. The fraction of sp³-hybridized carbons (Fsp3) is 0.286. The van der Waals surface area contributed by atoms with Crippen LogP contribution in [0.4, 0.5) is 17.3 Å². The Morgan fingerprint density at radius 2 is 1.68 bits per heavy atom. The second-order valence-electron chi connectivity index (χ2n) is 4.71. The second kappa shape index (κ2) is 7.55. The van der Waals surface area contributed by atoms with Gasteiger partial charge in [0.25, 0.3) is 0 Å². The third-order valence-electron chi connectivity index (χ3n) is 2.81. The molecule has 2 rings (SSSR count). The van der Waals surface area contributed by atoms with E-state index < -0.39 is 10.0 Å². The number of rotatable bonds is 7. The highest BCUT2D eigenvalue weighted by atomic mass is 79.9. The molecule has 0 saturated heterocycles. The number of nitrogens with zero attached hydrogens (tertiary/aromatic N) is 2. The molecule has 22 heavy (non-hydrogen) atoms. The Labute approximate surface area is 138 Å². The summed E-state index contributed by atoms with van der Waals surface area (Å²) < 4.78 is 26.9. The van der Waals surface area contributed by atoms with E-state index >= 15 is 0 Å². The van der Waals surface area contributed by atoms with Crippen molar-refractivity contribution in [1.29, 1.82) is 0 Å². The van der Waals surface area contributed by atoms with Gasteiger partial charge in [0.15, 0.2) is 11.6 Å². The summed E-state index contributed by atoms with van der Waals surface area (Å²) in [6, 6.07) is 10.9. The van der Waals surface area contributed by atoms with Gasteiger partial charge in [-0.15, -0.1) is 10.2 Å². The van der Waals surface area contributed by atoms with Gasteiger partial charge in [0.1, 0.15) is 0 Å². The maximum atomic E-state index is 11.8. The smallest absolute Gasteiger partial charge is 0.233 e. The molecule has 6 nitrogen and oxygen atoms in total. The number of halogens is 1. The second-order valence-corrected chi connectivity index (χ2v) is 7.47. The predicted molar refractivity (Wildman–Crippen MR) is 91.8 cm³/mol. The Kier molecular flexibility index (Phi) is 5.73. The van der Waals surface area contributed by atoms with E-state index in [0.29, 0.717) is 12.2 Å². The lowest BCUT2D eigenvalue weighted by Gasteiger charge is -2.08. The van der Waals surface area contributed by atoms with Crippen LogP contribution < -0.4 is 10.0 Å². The van der Waals surface area contributed by atoms with Gasteiger partial charge in [0, 0.05) is 10.2 Å². The van der Waals surface area contributed by atoms with E-state index in [-0.39, 0.29) is 11.6 Å². The summed E-state index contributed by atoms with van der Waals surface area (Å²) in [7, 11) is -3.35. The molecular formula is C14H17BrN4O2S. The minimum atomic E-state index is -3.35. The van der Waals surface area contributed by atoms with E-state index in [0.717, 1.165) is 16.6 Å². The Bertz CT molecular complexity index is 703. The third-order valence-corrected chi connectivity index (χ3v) is 4.68. The van der Waals surface area contributed by atoms with Crippen molar-refractivity contribution in [2.75, 3.05) is 15.8 Å². The fourth-order valence-electron chi connectivity index (χ4n) is 1.68. The van der Waals surface area contributed by atoms with Gasteiger partial charge in [-0.05, 0) is 42.8 Å². The molecule has 0 atom stereocenters. The molecule has 2 aromatic rings. The summed E-state index contributed by atoms with van der Waals surface area (Å²) in [6.45, 7) is 1.94. The number of sulfonamides is 1. The molecule has 1 aromatic carbocycles. The lowest BCUT2D eigenvalue weighted by atomic mass is 10.3. The van der Waals surface area contributed by atoms with Gasteiger partial charge in [-0.25, -0.2) is 8.42 Å². The summed E-state index contributed by atoms with van der Waals surface area (Å²) in [6.07, 6.45) is 1.44.